The lowest BCUT2D eigenvalue weighted by Crippen LogP contribution is -2.48. The van der Waals surface area contributed by atoms with Crippen LogP contribution in [-0.2, 0) is 6.42 Å². The van der Waals surface area contributed by atoms with E-state index in [1.54, 1.807) is 0 Å². The summed E-state index contributed by atoms with van der Waals surface area (Å²) in [6.45, 7) is 6.14. The van der Waals surface area contributed by atoms with Crippen LogP contribution >= 0.6 is 0 Å². The predicted molar refractivity (Wildman–Crippen MR) is 77.3 cm³/mol. The van der Waals surface area contributed by atoms with Crippen molar-refractivity contribution >= 4 is 0 Å². The third kappa shape index (κ3) is 3.02. The smallest absolute Gasteiger partial charge is 0.220 e. The van der Waals surface area contributed by atoms with Crippen molar-refractivity contribution in [3.63, 3.8) is 0 Å². The zero-order valence-electron chi connectivity index (χ0n) is 12.7. The monoisotopic (exact) mass is 293 g/mol. The van der Waals surface area contributed by atoms with E-state index >= 15 is 0 Å². The van der Waals surface area contributed by atoms with E-state index in [0.29, 0.717) is 12.8 Å². The Morgan fingerprint density at radius 2 is 2.00 bits per heavy atom. The van der Waals surface area contributed by atoms with Crippen LogP contribution in [0.4, 0.5) is 0 Å². The van der Waals surface area contributed by atoms with Gasteiger partial charge in [0.05, 0.1) is 12.2 Å². The average Bonchev–Trinajstić information content (AvgIpc) is 2.84. The van der Waals surface area contributed by atoms with Gasteiger partial charge in [0.2, 0.25) is 5.88 Å². The van der Waals surface area contributed by atoms with Gasteiger partial charge in [-0.3, -0.25) is 4.90 Å². The number of likely N-dealkylation sites (tertiary alicyclic amines) is 1. The summed E-state index contributed by atoms with van der Waals surface area (Å²) < 4.78 is 5.94. The van der Waals surface area contributed by atoms with E-state index in [1.807, 2.05) is 13.8 Å². The molecule has 0 saturated carbocycles. The minimum Gasteiger partial charge on any atom is -0.472 e. The SMILES string of the molecule is Cc1nc(C)c2c(n1)O[C@H](CN1CCC(O)(CO)CC1)C2. The zero-order valence-corrected chi connectivity index (χ0v) is 12.7. The number of aliphatic hydroxyl groups is 2. The quantitative estimate of drug-likeness (QED) is 0.830. The Morgan fingerprint density at radius 3 is 2.67 bits per heavy atom. The molecule has 6 nitrogen and oxygen atoms in total. The van der Waals surface area contributed by atoms with Crippen molar-refractivity contribution < 1.29 is 14.9 Å². The van der Waals surface area contributed by atoms with E-state index < -0.39 is 5.60 Å². The van der Waals surface area contributed by atoms with Gasteiger partial charge < -0.3 is 14.9 Å². The maximum absolute atomic E-state index is 10.0. The van der Waals surface area contributed by atoms with Gasteiger partial charge in [-0.25, -0.2) is 4.98 Å². The van der Waals surface area contributed by atoms with Crippen molar-refractivity contribution in [3.05, 3.63) is 17.1 Å². The van der Waals surface area contributed by atoms with Gasteiger partial charge in [0.15, 0.2) is 0 Å². The molecule has 21 heavy (non-hydrogen) atoms. The Hall–Kier alpha value is -1.24. The van der Waals surface area contributed by atoms with Crippen molar-refractivity contribution in [2.75, 3.05) is 26.2 Å². The fraction of sp³-hybridized carbons (Fsp3) is 0.733. The molecule has 116 valence electrons. The van der Waals surface area contributed by atoms with Gasteiger partial charge in [0.1, 0.15) is 11.9 Å². The van der Waals surface area contributed by atoms with Crippen molar-refractivity contribution in [2.45, 2.75) is 44.8 Å². The highest BCUT2D eigenvalue weighted by atomic mass is 16.5. The molecule has 2 aliphatic rings. The van der Waals surface area contributed by atoms with Gasteiger partial charge in [-0.1, -0.05) is 0 Å². The lowest BCUT2D eigenvalue weighted by Gasteiger charge is -2.37. The second-order valence-corrected chi connectivity index (χ2v) is 6.27. The summed E-state index contributed by atoms with van der Waals surface area (Å²) >= 11 is 0. The summed E-state index contributed by atoms with van der Waals surface area (Å²) in [5, 5.41) is 19.2. The van der Waals surface area contributed by atoms with Gasteiger partial charge in [-0.2, -0.15) is 4.98 Å². The van der Waals surface area contributed by atoms with Gasteiger partial charge in [-0.05, 0) is 26.7 Å². The summed E-state index contributed by atoms with van der Waals surface area (Å²) in [7, 11) is 0. The van der Waals surface area contributed by atoms with E-state index in [-0.39, 0.29) is 12.7 Å². The lowest BCUT2D eigenvalue weighted by atomic mass is 9.92. The van der Waals surface area contributed by atoms with Gasteiger partial charge >= 0.3 is 0 Å². The summed E-state index contributed by atoms with van der Waals surface area (Å²) in [6.07, 6.45) is 2.18. The van der Waals surface area contributed by atoms with Crippen LogP contribution in [0.3, 0.4) is 0 Å². The van der Waals surface area contributed by atoms with Crippen molar-refractivity contribution in [1.29, 1.82) is 0 Å². The molecule has 0 amide bonds. The van der Waals surface area contributed by atoms with E-state index in [1.165, 1.54) is 0 Å². The molecule has 0 radical (unpaired) electrons. The van der Waals surface area contributed by atoms with Crippen LogP contribution < -0.4 is 4.74 Å². The van der Waals surface area contributed by atoms with E-state index in [9.17, 15) is 10.2 Å². The molecule has 6 heteroatoms. The molecule has 0 spiro atoms. The summed E-state index contributed by atoms with van der Waals surface area (Å²) in [6, 6.07) is 0. The first-order valence-electron chi connectivity index (χ1n) is 7.55. The molecule has 1 atom stereocenters. The first-order chi connectivity index (χ1) is 9.99. The van der Waals surface area contributed by atoms with Gasteiger partial charge in [0, 0.05) is 37.3 Å². The topological polar surface area (TPSA) is 78.7 Å². The van der Waals surface area contributed by atoms with Crippen molar-refractivity contribution in [2.24, 2.45) is 0 Å². The highest BCUT2D eigenvalue weighted by Crippen LogP contribution is 2.30. The first kappa shape index (κ1) is 14.7. The van der Waals surface area contributed by atoms with Crippen LogP contribution in [0.2, 0.25) is 0 Å². The van der Waals surface area contributed by atoms with Crippen LogP contribution in [0.5, 0.6) is 5.88 Å². The van der Waals surface area contributed by atoms with E-state index in [2.05, 4.69) is 14.9 Å². The number of aliphatic hydroxyl groups excluding tert-OH is 1. The predicted octanol–water partition coefficient (Wildman–Crippen LogP) is 0.216. The van der Waals surface area contributed by atoms with Crippen LogP contribution in [0.15, 0.2) is 0 Å². The maximum Gasteiger partial charge on any atom is 0.220 e. The molecule has 0 aromatic carbocycles. The molecule has 0 bridgehead atoms. The van der Waals surface area contributed by atoms with Crippen LogP contribution in [0.1, 0.15) is 29.9 Å². The minimum atomic E-state index is -0.894. The molecule has 2 aliphatic heterocycles. The van der Waals surface area contributed by atoms with Gasteiger partial charge in [-0.15, -0.1) is 0 Å². The number of nitrogens with zero attached hydrogens (tertiary/aromatic N) is 3. The number of ether oxygens (including phenoxy) is 1. The van der Waals surface area contributed by atoms with Crippen LogP contribution in [0.25, 0.3) is 0 Å². The molecular formula is C15H23N3O3. The minimum absolute atomic E-state index is 0.107. The van der Waals surface area contributed by atoms with Crippen molar-refractivity contribution in [3.8, 4) is 5.88 Å². The molecule has 2 N–H and O–H groups in total. The Kier molecular flexibility index (Phi) is 3.86. The third-order valence-electron chi connectivity index (χ3n) is 4.54. The molecule has 3 heterocycles. The van der Waals surface area contributed by atoms with Crippen LogP contribution in [-0.4, -0.2) is 63.0 Å². The van der Waals surface area contributed by atoms with Crippen LogP contribution in [0, 0.1) is 13.8 Å². The Bertz CT molecular complexity index is 527. The molecule has 0 unspecified atom stereocenters. The summed E-state index contributed by atoms with van der Waals surface area (Å²) in [5.41, 5.74) is 1.23. The highest BCUT2D eigenvalue weighted by Gasteiger charge is 2.34. The number of aromatic nitrogens is 2. The number of piperidine rings is 1. The number of hydrogen-bond donors (Lipinski definition) is 2. The molecular weight excluding hydrogens is 270 g/mol. The highest BCUT2D eigenvalue weighted by molar-refractivity contribution is 5.34. The maximum atomic E-state index is 10.0. The van der Waals surface area contributed by atoms with E-state index in [0.717, 1.165) is 49.0 Å². The fourth-order valence-corrected chi connectivity index (χ4v) is 3.16. The van der Waals surface area contributed by atoms with Gasteiger partial charge in [0.25, 0.3) is 0 Å². The summed E-state index contributed by atoms with van der Waals surface area (Å²) in [4.78, 5) is 11.0. The Balaban J connectivity index is 1.58. The molecule has 1 saturated heterocycles. The second-order valence-electron chi connectivity index (χ2n) is 6.27. The summed E-state index contributed by atoms with van der Waals surface area (Å²) in [5.74, 6) is 1.48. The normalized spacial score (nSPS) is 24.7. The molecule has 1 aromatic rings. The first-order valence-corrected chi connectivity index (χ1v) is 7.55. The number of rotatable bonds is 3. The molecule has 1 fully saturated rings. The second kappa shape index (κ2) is 5.51. The average molecular weight is 293 g/mol. The largest absolute Gasteiger partial charge is 0.472 e. The standard InChI is InChI=1S/C15H23N3O3/c1-10-13-7-12(21-14(13)17-11(2)16-10)8-18-5-3-15(20,9-19)4-6-18/h12,19-20H,3-9H2,1-2H3/t12-/m0/s1. The Labute approximate surface area is 124 Å². The Morgan fingerprint density at radius 1 is 1.29 bits per heavy atom. The number of aryl methyl sites for hydroxylation is 2. The molecule has 0 aliphatic carbocycles. The van der Waals surface area contributed by atoms with Crippen molar-refractivity contribution in [1.82, 2.24) is 14.9 Å². The zero-order chi connectivity index (χ0) is 15.0. The third-order valence-corrected chi connectivity index (χ3v) is 4.54. The lowest BCUT2D eigenvalue weighted by molar-refractivity contribution is -0.0628. The number of fused-ring (bicyclic) bond motifs is 1. The number of hydrogen-bond acceptors (Lipinski definition) is 6. The molecule has 1 aromatic heterocycles. The molecule has 3 rings (SSSR count). The van der Waals surface area contributed by atoms with E-state index in [4.69, 9.17) is 4.74 Å². The fourth-order valence-electron chi connectivity index (χ4n) is 3.16.